The van der Waals surface area contributed by atoms with Gasteiger partial charge < -0.3 is 15.8 Å². The second kappa shape index (κ2) is 5.77. The van der Waals surface area contributed by atoms with E-state index in [1.54, 1.807) is 7.05 Å². The summed E-state index contributed by atoms with van der Waals surface area (Å²) < 4.78 is 5.91. The van der Waals surface area contributed by atoms with Gasteiger partial charge in [-0.25, -0.2) is 0 Å². The predicted molar refractivity (Wildman–Crippen MR) is 76.9 cm³/mol. The molecule has 3 N–H and O–H groups in total. The lowest BCUT2D eigenvalue weighted by Gasteiger charge is -2.45. The van der Waals surface area contributed by atoms with Gasteiger partial charge in [0.25, 0.3) is 0 Å². The average Bonchev–Trinajstić information content (AvgIpc) is 2.25. The Kier molecular flexibility index (Phi) is 4.98. The van der Waals surface area contributed by atoms with Crippen molar-refractivity contribution in [2.75, 3.05) is 20.1 Å². The van der Waals surface area contributed by atoms with E-state index >= 15 is 0 Å². The van der Waals surface area contributed by atoms with Gasteiger partial charge >= 0.3 is 0 Å². The highest BCUT2D eigenvalue weighted by molar-refractivity contribution is 5.84. The van der Waals surface area contributed by atoms with Crippen LogP contribution in [-0.2, 0) is 9.53 Å². The summed E-state index contributed by atoms with van der Waals surface area (Å²) in [5.74, 6) is -0.303. The van der Waals surface area contributed by atoms with E-state index in [-0.39, 0.29) is 23.7 Å². The van der Waals surface area contributed by atoms with Gasteiger partial charge in [-0.15, -0.1) is 0 Å². The van der Waals surface area contributed by atoms with E-state index in [1.165, 1.54) is 0 Å². The van der Waals surface area contributed by atoms with Crippen molar-refractivity contribution in [2.24, 2.45) is 5.73 Å². The molecule has 0 aromatic rings. The normalized spacial score (nSPS) is 28.6. The number of primary amides is 1. The fourth-order valence-corrected chi connectivity index (χ4v) is 2.88. The number of nitrogens with one attached hydrogen (secondary N) is 1. The Labute approximate surface area is 116 Å². The smallest absolute Gasteiger partial charge is 0.237 e. The van der Waals surface area contributed by atoms with Crippen LogP contribution in [0.1, 0.15) is 41.0 Å². The number of nitrogens with two attached hydrogens (primary N) is 1. The van der Waals surface area contributed by atoms with Crippen molar-refractivity contribution in [1.82, 2.24) is 10.2 Å². The Morgan fingerprint density at radius 1 is 1.63 bits per heavy atom. The molecule has 5 nitrogen and oxygen atoms in total. The second-order valence-electron chi connectivity index (χ2n) is 6.62. The molecule has 0 spiro atoms. The number of amides is 1. The fourth-order valence-electron chi connectivity index (χ4n) is 2.88. The Morgan fingerprint density at radius 2 is 2.21 bits per heavy atom. The molecule has 0 aliphatic carbocycles. The summed E-state index contributed by atoms with van der Waals surface area (Å²) in [5, 5.41) is 3.05. The average molecular weight is 271 g/mol. The lowest BCUT2D eigenvalue weighted by molar-refractivity contribution is -0.140. The lowest BCUT2D eigenvalue weighted by atomic mass is 9.91. The van der Waals surface area contributed by atoms with Gasteiger partial charge in [0, 0.05) is 19.1 Å². The van der Waals surface area contributed by atoms with Crippen LogP contribution in [0.4, 0.5) is 0 Å². The molecule has 3 atom stereocenters. The summed E-state index contributed by atoms with van der Waals surface area (Å²) in [5.41, 5.74) is 4.69. The van der Waals surface area contributed by atoms with E-state index in [9.17, 15) is 4.79 Å². The molecule has 112 valence electrons. The van der Waals surface area contributed by atoms with E-state index < -0.39 is 5.54 Å². The fraction of sp³-hybridized carbons (Fsp3) is 0.929. The van der Waals surface area contributed by atoms with E-state index in [0.29, 0.717) is 6.42 Å². The number of morpholine rings is 1. The van der Waals surface area contributed by atoms with Crippen molar-refractivity contribution >= 4 is 5.91 Å². The molecule has 1 saturated heterocycles. The first-order valence-corrected chi connectivity index (χ1v) is 7.00. The minimum Gasteiger partial charge on any atom is -0.370 e. The third-order valence-electron chi connectivity index (χ3n) is 4.02. The molecule has 0 saturated carbocycles. The van der Waals surface area contributed by atoms with Gasteiger partial charge in [-0.2, -0.15) is 0 Å². The molecule has 19 heavy (non-hydrogen) atoms. The maximum atomic E-state index is 11.6. The van der Waals surface area contributed by atoms with Gasteiger partial charge in [-0.3, -0.25) is 9.69 Å². The first kappa shape index (κ1) is 16.4. The van der Waals surface area contributed by atoms with Crippen LogP contribution in [0.3, 0.4) is 0 Å². The van der Waals surface area contributed by atoms with Crippen LogP contribution in [0.25, 0.3) is 0 Å². The molecular weight excluding hydrogens is 242 g/mol. The largest absolute Gasteiger partial charge is 0.370 e. The van der Waals surface area contributed by atoms with Gasteiger partial charge in [0.2, 0.25) is 5.91 Å². The summed E-state index contributed by atoms with van der Waals surface area (Å²) in [6, 6.07) is 0.274. The predicted octanol–water partition coefficient (Wildman–Crippen LogP) is 0.728. The highest BCUT2D eigenvalue weighted by Crippen LogP contribution is 2.25. The minimum atomic E-state index is -0.662. The maximum Gasteiger partial charge on any atom is 0.237 e. The molecule has 0 aromatic carbocycles. The first-order valence-electron chi connectivity index (χ1n) is 7.00. The number of carbonyl (C=O) groups excluding carboxylic acids is 1. The number of likely N-dealkylation sites (N-methyl/N-ethyl adjacent to an activating group) is 1. The van der Waals surface area contributed by atoms with Crippen LogP contribution >= 0.6 is 0 Å². The van der Waals surface area contributed by atoms with Crippen molar-refractivity contribution in [3.8, 4) is 0 Å². The molecule has 0 radical (unpaired) electrons. The topological polar surface area (TPSA) is 67.6 Å². The molecule has 3 unspecified atom stereocenters. The molecule has 5 heteroatoms. The quantitative estimate of drug-likeness (QED) is 0.773. The molecule has 0 aromatic heterocycles. The second-order valence-corrected chi connectivity index (χ2v) is 6.62. The lowest BCUT2D eigenvalue weighted by Crippen LogP contribution is -2.59. The van der Waals surface area contributed by atoms with E-state index in [1.807, 2.05) is 6.92 Å². The Morgan fingerprint density at radius 3 is 2.63 bits per heavy atom. The van der Waals surface area contributed by atoms with Crippen LogP contribution in [-0.4, -0.2) is 54.2 Å². The van der Waals surface area contributed by atoms with Crippen molar-refractivity contribution in [3.63, 3.8) is 0 Å². The Bertz CT molecular complexity index is 333. The van der Waals surface area contributed by atoms with Crippen molar-refractivity contribution in [2.45, 2.75) is 64.3 Å². The highest BCUT2D eigenvalue weighted by Gasteiger charge is 2.37. The first-order chi connectivity index (χ1) is 8.59. The van der Waals surface area contributed by atoms with Crippen molar-refractivity contribution in [3.05, 3.63) is 0 Å². The van der Waals surface area contributed by atoms with E-state index in [0.717, 1.165) is 13.1 Å². The number of hydrogen-bond acceptors (Lipinski definition) is 4. The maximum absolute atomic E-state index is 11.6. The summed E-state index contributed by atoms with van der Waals surface area (Å²) in [4.78, 5) is 14.0. The van der Waals surface area contributed by atoms with Crippen LogP contribution in [0.2, 0.25) is 0 Å². The zero-order valence-electron chi connectivity index (χ0n) is 13.1. The van der Waals surface area contributed by atoms with Crippen LogP contribution in [0, 0.1) is 0 Å². The molecule has 0 bridgehead atoms. The number of ether oxygens (including phenoxy) is 1. The van der Waals surface area contributed by atoms with Gasteiger partial charge in [0.15, 0.2) is 0 Å². The molecule has 1 amide bonds. The van der Waals surface area contributed by atoms with Crippen molar-refractivity contribution in [1.29, 1.82) is 0 Å². The van der Waals surface area contributed by atoms with E-state index in [2.05, 4.69) is 37.9 Å². The monoisotopic (exact) mass is 271 g/mol. The van der Waals surface area contributed by atoms with Gasteiger partial charge in [-0.1, -0.05) is 0 Å². The van der Waals surface area contributed by atoms with Gasteiger partial charge in [-0.05, 0) is 48.1 Å². The minimum absolute atomic E-state index is 0.144. The molecule has 1 rings (SSSR count). The van der Waals surface area contributed by atoms with Crippen LogP contribution < -0.4 is 11.1 Å². The molecule has 1 aliphatic heterocycles. The number of nitrogens with zero attached hydrogens (tertiary/aromatic N) is 1. The standard InChI is InChI=1S/C14H29N3O2/c1-10(7-14(5,16-6)12(15)18)17-8-11(2)19-13(3,4)9-17/h10-11,16H,7-9H2,1-6H3,(H2,15,18). The SMILES string of the molecule is CNC(C)(CC(C)N1CC(C)OC(C)(C)C1)C(N)=O. The van der Waals surface area contributed by atoms with Gasteiger partial charge in [0.05, 0.1) is 17.2 Å². The number of hydrogen-bond donors (Lipinski definition) is 2. The molecule has 1 heterocycles. The van der Waals surface area contributed by atoms with Gasteiger partial charge in [0.1, 0.15) is 0 Å². The van der Waals surface area contributed by atoms with E-state index in [4.69, 9.17) is 10.5 Å². The molecule has 1 aliphatic rings. The molecular formula is C14H29N3O2. The van der Waals surface area contributed by atoms with Crippen molar-refractivity contribution < 1.29 is 9.53 Å². The Balaban J connectivity index is 2.72. The van der Waals surface area contributed by atoms with Crippen LogP contribution in [0.5, 0.6) is 0 Å². The highest BCUT2D eigenvalue weighted by atomic mass is 16.5. The zero-order chi connectivity index (χ0) is 14.8. The third-order valence-corrected chi connectivity index (χ3v) is 4.02. The Hall–Kier alpha value is -0.650. The number of rotatable bonds is 5. The molecule has 1 fully saturated rings. The zero-order valence-corrected chi connectivity index (χ0v) is 13.1. The summed E-state index contributed by atoms with van der Waals surface area (Å²) >= 11 is 0. The summed E-state index contributed by atoms with van der Waals surface area (Å²) in [6.45, 7) is 12.1. The van der Waals surface area contributed by atoms with Crippen LogP contribution in [0.15, 0.2) is 0 Å². The summed E-state index contributed by atoms with van der Waals surface area (Å²) in [7, 11) is 1.78. The number of carbonyl (C=O) groups is 1. The third kappa shape index (κ3) is 4.16. The summed E-state index contributed by atoms with van der Waals surface area (Å²) in [6.07, 6.45) is 0.905.